The summed E-state index contributed by atoms with van der Waals surface area (Å²) in [6.07, 6.45) is 0. The number of ether oxygens (including phenoxy) is 1. The molecule has 1 aromatic carbocycles. The first kappa shape index (κ1) is 15.1. The summed E-state index contributed by atoms with van der Waals surface area (Å²) in [4.78, 5) is 16.0. The monoisotopic (exact) mass is 306 g/mol. The minimum atomic E-state index is -0.381. The maximum absolute atomic E-state index is 12.0. The fraction of sp³-hybridized carbons (Fsp3) is 0.143. The van der Waals surface area contributed by atoms with E-state index in [-0.39, 0.29) is 16.6 Å². The van der Waals surface area contributed by atoms with E-state index < -0.39 is 0 Å². The lowest BCUT2D eigenvalue weighted by molar-refractivity contribution is 0.0942. The van der Waals surface area contributed by atoms with Gasteiger partial charge in [0.15, 0.2) is 0 Å². The SMILES string of the molecule is NNc1ccc(Cl)c(C(=O)NCCOc2ccccc2)n1. The molecule has 0 atom stereocenters. The number of hydrogen-bond donors (Lipinski definition) is 3. The van der Waals surface area contributed by atoms with E-state index in [9.17, 15) is 4.79 Å². The maximum atomic E-state index is 12.0. The predicted molar refractivity (Wildman–Crippen MR) is 81.3 cm³/mol. The number of aromatic nitrogens is 1. The van der Waals surface area contributed by atoms with Gasteiger partial charge in [-0.2, -0.15) is 0 Å². The number of hydrogen-bond acceptors (Lipinski definition) is 5. The Morgan fingerprint density at radius 1 is 1.24 bits per heavy atom. The highest BCUT2D eigenvalue weighted by Crippen LogP contribution is 2.16. The molecular formula is C14H15ClN4O2. The van der Waals surface area contributed by atoms with Crippen molar-refractivity contribution in [3.8, 4) is 5.75 Å². The zero-order chi connectivity index (χ0) is 15.1. The van der Waals surface area contributed by atoms with E-state index in [1.807, 2.05) is 30.3 Å². The number of rotatable bonds is 6. The lowest BCUT2D eigenvalue weighted by Crippen LogP contribution is -2.29. The highest BCUT2D eigenvalue weighted by Gasteiger charge is 2.12. The molecule has 2 rings (SSSR count). The number of amides is 1. The molecule has 0 spiro atoms. The molecule has 0 bridgehead atoms. The van der Waals surface area contributed by atoms with Crippen molar-refractivity contribution in [3.63, 3.8) is 0 Å². The summed E-state index contributed by atoms with van der Waals surface area (Å²) in [5, 5.41) is 2.94. The molecule has 7 heteroatoms. The van der Waals surface area contributed by atoms with Gasteiger partial charge in [-0.05, 0) is 24.3 Å². The zero-order valence-electron chi connectivity index (χ0n) is 11.2. The largest absolute Gasteiger partial charge is 0.492 e. The standard InChI is InChI=1S/C14H15ClN4O2/c15-11-6-7-12(19-16)18-13(11)14(20)17-8-9-21-10-4-2-1-3-5-10/h1-7H,8-9,16H2,(H,17,20)(H,18,19). The van der Waals surface area contributed by atoms with Gasteiger partial charge in [0.25, 0.3) is 5.91 Å². The molecule has 1 amide bonds. The smallest absolute Gasteiger partial charge is 0.271 e. The number of hydrazine groups is 1. The molecular weight excluding hydrogens is 292 g/mol. The Hall–Kier alpha value is -2.31. The minimum absolute atomic E-state index is 0.117. The number of nitrogens with zero attached hydrogens (tertiary/aromatic N) is 1. The number of nitrogen functional groups attached to an aromatic ring is 1. The van der Waals surface area contributed by atoms with Crippen LogP contribution in [-0.4, -0.2) is 24.0 Å². The first-order valence-electron chi connectivity index (χ1n) is 6.30. The second-order valence-corrected chi connectivity index (χ2v) is 4.50. The van der Waals surface area contributed by atoms with Gasteiger partial charge in [-0.15, -0.1) is 0 Å². The summed E-state index contributed by atoms with van der Waals surface area (Å²) in [5.41, 5.74) is 2.48. The van der Waals surface area contributed by atoms with E-state index in [2.05, 4.69) is 15.7 Å². The van der Waals surface area contributed by atoms with Crippen molar-refractivity contribution in [1.82, 2.24) is 10.3 Å². The Morgan fingerprint density at radius 2 is 2.00 bits per heavy atom. The topological polar surface area (TPSA) is 89.3 Å². The summed E-state index contributed by atoms with van der Waals surface area (Å²) in [5.74, 6) is 5.98. The van der Waals surface area contributed by atoms with Gasteiger partial charge in [0.05, 0.1) is 11.6 Å². The normalized spacial score (nSPS) is 10.0. The first-order valence-corrected chi connectivity index (χ1v) is 6.67. The van der Waals surface area contributed by atoms with Crippen molar-refractivity contribution >= 4 is 23.3 Å². The van der Waals surface area contributed by atoms with Crippen LogP contribution in [0.15, 0.2) is 42.5 Å². The third-order valence-electron chi connectivity index (χ3n) is 2.61. The average Bonchev–Trinajstić information content (AvgIpc) is 2.53. The van der Waals surface area contributed by atoms with Crippen LogP contribution in [0.3, 0.4) is 0 Å². The summed E-state index contributed by atoms with van der Waals surface area (Å²) >= 11 is 5.93. The molecule has 2 aromatic rings. The van der Waals surface area contributed by atoms with Crippen LogP contribution in [-0.2, 0) is 0 Å². The van der Waals surface area contributed by atoms with Gasteiger partial charge in [0, 0.05) is 0 Å². The van der Waals surface area contributed by atoms with Crippen LogP contribution in [0, 0.1) is 0 Å². The van der Waals surface area contributed by atoms with Gasteiger partial charge in [-0.25, -0.2) is 10.8 Å². The molecule has 0 fully saturated rings. The van der Waals surface area contributed by atoms with Gasteiger partial charge in [0.1, 0.15) is 23.9 Å². The van der Waals surface area contributed by atoms with Crippen LogP contribution in [0.4, 0.5) is 5.82 Å². The molecule has 0 unspecified atom stereocenters. The number of nitrogens with one attached hydrogen (secondary N) is 2. The van der Waals surface area contributed by atoms with E-state index in [1.165, 1.54) is 0 Å². The number of benzene rings is 1. The number of carbonyl (C=O) groups excluding carboxylic acids is 1. The molecule has 4 N–H and O–H groups in total. The number of carbonyl (C=O) groups is 1. The van der Waals surface area contributed by atoms with E-state index in [1.54, 1.807) is 12.1 Å². The quantitative estimate of drug-likeness (QED) is 0.430. The van der Waals surface area contributed by atoms with E-state index >= 15 is 0 Å². The maximum Gasteiger partial charge on any atom is 0.271 e. The van der Waals surface area contributed by atoms with E-state index in [0.29, 0.717) is 19.0 Å². The summed E-state index contributed by atoms with van der Waals surface area (Å²) < 4.78 is 5.47. The van der Waals surface area contributed by atoms with Gasteiger partial charge in [-0.1, -0.05) is 29.8 Å². The molecule has 6 nitrogen and oxygen atoms in total. The second kappa shape index (κ2) is 7.47. The van der Waals surface area contributed by atoms with Gasteiger partial charge < -0.3 is 15.5 Å². The van der Waals surface area contributed by atoms with Crippen LogP contribution in [0.25, 0.3) is 0 Å². The van der Waals surface area contributed by atoms with Crippen molar-refractivity contribution in [2.24, 2.45) is 5.84 Å². The van der Waals surface area contributed by atoms with Crippen LogP contribution in [0.2, 0.25) is 5.02 Å². The molecule has 0 aliphatic heterocycles. The van der Waals surface area contributed by atoms with Crippen molar-refractivity contribution in [1.29, 1.82) is 0 Å². The van der Waals surface area contributed by atoms with Gasteiger partial charge in [-0.3, -0.25) is 4.79 Å². The second-order valence-electron chi connectivity index (χ2n) is 4.09. The van der Waals surface area contributed by atoms with Gasteiger partial charge in [0.2, 0.25) is 0 Å². The Labute approximate surface area is 127 Å². The van der Waals surface area contributed by atoms with Crippen molar-refractivity contribution in [2.45, 2.75) is 0 Å². The first-order chi connectivity index (χ1) is 10.2. The van der Waals surface area contributed by atoms with Crippen LogP contribution in [0.1, 0.15) is 10.5 Å². The summed E-state index contributed by atoms with van der Waals surface area (Å²) in [7, 11) is 0. The molecule has 1 aromatic heterocycles. The average molecular weight is 307 g/mol. The van der Waals surface area contributed by atoms with E-state index in [0.717, 1.165) is 5.75 Å². The fourth-order valence-electron chi connectivity index (χ4n) is 1.62. The zero-order valence-corrected chi connectivity index (χ0v) is 11.9. The van der Waals surface area contributed by atoms with Crippen molar-refractivity contribution in [3.05, 3.63) is 53.2 Å². The molecule has 0 saturated carbocycles. The summed E-state index contributed by atoms with van der Waals surface area (Å²) in [6, 6.07) is 12.5. The number of pyridine rings is 1. The third-order valence-corrected chi connectivity index (χ3v) is 2.91. The Morgan fingerprint density at radius 3 is 2.71 bits per heavy atom. The summed E-state index contributed by atoms with van der Waals surface area (Å²) in [6.45, 7) is 0.689. The van der Waals surface area contributed by atoms with Crippen LogP contribution >= 0.6 is 11.6 Å². The lowest BCUT2D eigenvalue weighted by atomic mass is 10.3. The lowest BCUT2D eigenvalue weighted by Gasteiger charge is -2.09. The molecule has 0 radical (unpaired) electrons. The molecule has 1 heterocycles. The molecule has 110 valence electrons. The van der Waals surface area contributed by atoms with Gasteiger partial charge >= 0.3 is 0 Å². The van der Waals surface area contributed by atoms with Crippen LogP contribution in [0.5, 0.6) is 5.75 Å². The van der Waals surface area contributed by atoms with Crippen molar-refractivity contribution < 1.29 is 9.53 Å². The Bertz CT molecular complexity index is 607. The molecule has 21 heavy (non-hydrogen) atoms. The fourth-order valence-corrected chi connectivity index (χ4v) is 1.81. The molecule has 0 saturated heterocycles. The van der Waals surface area contributed by atoms with Crippen molar-refractivity contribution in [2.75, 3.05) is 18.6 Å². The highest BCUT2D eigenvalue weighted by molar-refractivity contribution is 6.33. The Balaban J connectivity index is 1.84. The number of halogens is 1. The predicted octanol–water partition coefficient (Wildman–Crippen LogP) is 1.83. The number of anilines is 1. The van der Waals surface area contributed by atoms with E-state index in [4.69, 9.17) is 22.2 Å². The minimum Gasteiger partial charge on any atom is -0.492 e. The molecule has 0 aliphatic carbocycles. The van der Waals surface area contributed by atoms with Crippen LogP contribution < -0.4 is 21.3 Å². The highest BCUT2D eigenvalue weighted by atomic mass is 35.5. The third kappa shape index (κ3) is 4.34. The number of nitrogens with two attached hydrogens (primary N) is 1. The Kier molecular flexibility index (Phi) is 5.36. The number of para-hydroxylation sites is 1. The molecule has 0 aliphatic rings.